The Kier molecular flexibility index (Phi) is 3.39. The number of H-pyrrole nitrogens is 1. The maximum absolute atomic E-state index is 12.9. The van der Waals surface area contributed by atoms with E-state index in [4.69, 9.17) is 4.98 Å². The fourth-order valence-electron chi connectivity index (χ4n) is 3.69. The summed E-state index contributed by atoms with van der Waals surface area (Å²) in [6, 6.07) is 14.3. The van der Waals surface area contributed by atoms with Crippen molar-refractivity contribution in [2.24, 2.45) is 0 Å². The number of rotatable bonds is 2. The van der Waals surface area contributed by atoms with Gasteiger partial charge in [-0.1, -0.05) is 24.3 Å². The van der Waals surface area contributed by atoms with Crippen LogP contribution in [0.1, 0.15) is 12.5 Å². The Morgan fingerprint density at radius 2 is 2.08 bits per heavy atom. The number of pyridine rings is 1. The molecule has 1 aliphatic heterocycles. The number of aromatic nitrogens is 3. The molecule has 1 atom stereocenters. The maximum Gasteiger partial charge on any atom is 0.262 e. The fraction of sp³-hybridized carbons (Fsp3) is 0.150. The van der Waals surface area contributed by atoms with Gasteiger partial charge in [-0.3, -0.25) is 9.78 Å². The van der Waals surface area contributed by atoms with Gasteiger partial charge in [0.25, 0.3) is 5.56 Å². The van der Waals surface area contributed by atoms with Gasteiger partial charge in [0.05, 0.1) is 5.39 Å². The minimum absolute atomic E-state index is 0.155. The van der Waals surface area contributed by atoms with Gasteiger partial charge in [-0.25, -0.2) is 4.98 Å². The second-order valence-electron chi connectivity index (χ2n) is 6.48. The quantitative estimate of drug-likeness (QED) is 0.584. The second-order valence-corrected chi connectivity index (χ2v) is 7.42. The van der Waals surface area contributed by atoms with Crippen LogP contribution in [0.25, 0.3) is 21.5 Å². The molecule has 4 heterocycles. The lowest BCUT2D eigenvalue weighted by Gasteiger charge is -2.23. The van der Waals surface area contributed by atoms with E-state index in [2.05, 4.69) is 33.9 Å². The summed E-state index contributed by atoms with van der Waals surface area (Å²) >= 11 is 1.60. The van der Waals surface area contributed by atoms with Crippen LogP contribution in [0.3, 0.4) is 0 Å². The van der Waals surface area contributed by atoms with Gasteiger partial charge in [-0.2, -0.15) is 4.98 Å². The lowest BCUT2D eigenvalue weighted by atomic mass is 10.1. The normalized spacial score (nSPS) is 16.2. The maximum atomic E-state index is 12.9. The molecule has 1 aliphatic rings. The van der Waals surface area contributed by atoms with Crippen molar-refractivity contribution in [3.8, 4) is 10.4 Å². The van der Waals surface area contributed by atoms with E-state index in [1.165, 1.54) is 5.56 Å². The van der Waals surface area contributed by atoms with Gasteiger partial charge >= 0.3 is 0 Å². The number of nitrogens with one attached hydrogen (secondary N) is 1. The molecule has 0 saturated heterocycles. The van der Waals surface area contributed by atoms with Gasteiger partial charge < -0.3 is 4.90 Å². The highest BCUT2D eigenvalue weighted by atomic mass is 32.1. The van der Waals surface area contributed by atoms with Crippen LogP contribution in [0.15, 0.2) is 58.8 Å². The molecule has 1 unspecified atom stereocenters. The summed E-state index contributed by atoms with van der Waals surface area (Å²) in [4.78, 5) is 28.1. The zero-order valence-corrected chi connectivity index (χ0v) is 15.0. The van der Waals surface area contributed by atoms with E-state index in [1.54, 1.807) is 17.5 Å². The number of fused-ring (bicyclic) bond motifs is 2. The second kappa shape index (κ2) is 5.78. The molecule has 0 radical (unpaired) electrons. The van der Waals surface area contributed by atoms with Crippen LogP contribution in [0.4, 0.5) is 11.6 Å². The van der Waals surface area contributed by atoms with E-state index in [1.807, 2.05) is 35.7 Å². The molecule has 5 rings (SSSR count). The third kappa shape index (κ3) is 2.26. The van der Waals surface area contributed by atoms with E-state index in [0.717, 1.165) is 22.5 Å². The molecule has 4 aromatic rings. The third-order valence-electron chi connectivity index (χ3n) is 4.82. The predicted molar refractivity (Wildman–Crippen MR) is 105 cm³/mol. The van der Waals surface area contributed by atoms with Crippen molar-refractivity contribution in [1.29, 1.82) is 0 Å². The van der Waals surface area contributed by atoms with Crippen molar-refractivity contribution in [1.82, 2.24) is 15.0 Å². The number of para-hydroxylation sites is 1. The summed E-state index contributed by atoms with van der Waals surface area (Å²) in [5, 5.41) is 2.54. The van der Waals surface area contributed by atoms with Crippen LogP contribution in [0.5, 0.6) is 0 Å². The molecule has 6 heteroatoms. The number of hydrogen-bond donors (Lipinski definition) is 1. The topological polar surface area (TPSA) is 61.9 Å². The molecule has 0 saturated carbocycles. The molecule has 1 N–H and O–H groups in total. The SMILES string of the molecule is CC1Cc2ccccc2N1c1nc2nccc(-c3cccs3)c2c(=O)[nH]1. The molecule has 0 bridgehead atoms. The van der Waals surface area contributed by atoms with E-state index < -0.39 is 0 Å². The number of thiophene rings is 1. The van der Waals surface area contributed by atoms with Crippen molar-refractivity contribution >= 4 is 34.0 Å². The van der Waals surface area contributed by atoms with Gasteiger partial charge in [-0.05, 0) is 42.5 Å². The predicted octanol–water partition coefficient (Wildman–Crippen LogP) is 4.13. The van der Waals surface area contributed by atoms with Crippen LogP contribution >= 0.6 is 11.3 Å². The first kappa shape index (κ1) is 15.3. The summed E-state index contributed by atoms with van der Waals surface area (Å²) < 4.78 is 0. The average Bonchev–Trinajstić information content (AvgIpc) is 3.28. The minimum atomic E-state index is -0.155. The summed E-state index contributed by atoms with van der Waals surface area (Å²) in [6.45, 7) is 2.14. The summed E-state index contributed by atoms with van der Waals surface area (Å²) in [7, 11) is 0. The largest absolute Gasteiger partial charge is 0.309 e. The first-order valence-corrected chi connectivity index (χ1v) is 9.40. The summed E-state index contributed by atoms with van der Waals surface area (Å²) in [5.74, 6) is 0.552. The number of aromatic amines is 1. The average molecular weight is 360 g/mol. The smallest absolute Gasteiger partial charge is 0.262 e. The fourth-order valence-corrected chi connectivity index (χ4v) is 4.45. The Morgan fingerprint density at radius 3 is 2.92 bits per heavy atom. The van der Waals surface area contributed by atoms with Crippen LogP contribution in [0, 0.1) is 0 Å². The zero-order chi connectivity index (χ0) is 17.7. The Balaban J connectivity index is 1.72. The van der Waals surface area contributed by atoms with E-state index >= 15 is 0 Å². The molecule has 26 heavy (non-hydrogen) atoms. The highest BCUT2D eigenvalue weighted by Crippen LogP contribution is 2.36. The Morgan fingerprint density at radius 1 is 1.19 bits per heavy atom. The van der Waals surface area contributed by atoms with Crippen LogP contribution in [0.2, 0.25) is 0 Å². The molecular weight excluding hydrogens is 344 g/mol. The van der Waals surface area contributed by atoms with E-state index in [0.29, 0.717) is 17.0 Å². The van der Waals surface area contributed by atoms with Crippen molar-refractivity contribution in [3.05, 3.63) is 70.0 Å². The van der Waals surface area contributed by atoms with Gasteiger partial charge in [0.15, 0.2) is 5.65 Å². The highest BCUT2D eigenvalue weighted by molar-refractivity contribution is 7.13. The Labute approximate surface area is 154 Å². The molecule has 0 aliphatic carbocycles. The standard InChI is InChI=1S/C20H16N4OS/c1-12-11-13-5-2-3-6-15(13)24(12)20-22-18-17(19(25)23-20)14(8-9-21-18)16-7-4-10-26-16/h2-10,12H,11H2,1H3,(H,21,22,23,25). The van der Waals surface area contributed by atoms with Crippen LogP contribution < -0.4 is 10.5 Å². The number of anilines is 2. The number of hydrogen-bond acceptors (Lipinski definition) is 5. The number of benzene rings is 1. The molecule has 0 amide bonds. The van der Waals surface area contributed by atoms with Gasteiger partial charge in [0, 0.05) is 28.4 Å². The molecule has 3 aromatic heterocycles. The van der Waals surface area contributed by atoms with Gasteiger partial charge in [-0.15, -0.1) is 11.3 Å². The Hall–Kier alpha value is -2.99. The Bertz CT molecular complexity index is 1170. The number of nitrogens with zero attached hydrogens (tertiary/aromatic N) is 3. The monoisotopic (exact) mass is 360 g/mol. The van der Waals surface area contributed by atoms with Crippen LogP contribution in [-0.4, -0.2) is 21.0 Å². The van der Waals surface area contributed by atoms with Crippen molar-refractivity contribution in [2.45, 2.75) is 19.4 Å². The summed E-state index contributed by atoms with van der Waals surface area (Å²) in [5.41, 5.74) is 3.56. The zero-order valence-electron chi connectivity index (χ0n) is 14.1. The molecule has 0 fully saturated rings. The molecule has 128 valence electrons. The first-order valence-electron chi connectivity index (χ1n) is 8.52. The highest BCUT2D eigenvalue weighted by Gasteiger charge is 2.29. The molecular formula is C20H16N4OS. The van der Waals surface area contributed by atoms with Gasteiger partial charge in [0.2, 0.25) is 5.95 Å². The van der Waals surface area contributed by atoms with Crippen molar-refractivity contribution < 1.29 is 0 Å². The third-order valence-corrected chi connectivity index (χ3v) is 5.72. The lowest BCUT2D eigenvalue weighted by molar-refractivity contribution is 0.740. The first-order chi connectivity index (χ1) is 12.7. The van der Waals surface area contributed by atoms with E-state index in [9.17, 15) is 4.79 Å². The molecule has 0 spiro atoms. The summed E-state index contributed by atoms with van der Waals surface area (Å²) in [6.07, 6.45) is 2.65. The van der Waals surface area contributed by atoms with Crippen molar-refractivity contribution in [2.75, 3.05) is 4.90 Å². The molecule has 1 aromatic carbocycles. The minimum Gasteiger partial charge on any atom is -0.309 e. The van der Waals surface area contributed by atoms with Crippen LogP contribution in [-0.2, 0) is 6.42 Å². The van der Waals surface area contributed by atoms with Gasteiger partial charge in [0.1, 0.15) is 0 Å². The lowest BCUT2D eigenvalue weighted by Crippen LogP contribution is -2.28. The molecule has 5 nitrogen and oxygen atoms in total. The van der Waals surface area contributed by atoms with E-state index in [-0.39, 0.29) is 11.6 Å². The van der Waals surface area contributed by atoms with Crippen molar-refractivity contribution in [3.63, 3.8) is 0 Å².